The summed E-state index contributed by atoms with van der Waals surface area (Å²) in [5.41, 5.74) is 0.805. The van der Waals surface area contributed by atoms with Crippen molar-refractivity contribution in [2.45, 2.75) is 32.8 Å². The number of para-hydroxylation sites is 1. The smallest absolute Gasteiger partial charge is 0.220 e. The van der Waals surface area contributed by atoms with E-state index in [1.165, 1.54) is 0 Å². The van der Waals surface area contributed by atoms with Gasteiger partial charge in [0.15, 0.2) is 0 Å². The first-order valence-corrected chi connectivity index (χ1v) is 8.42. The number of carbonyl (C=O) groups is 1. The van der Waals surface area contributed by atoms with E-state index in [9.17, 15) is 9.90 Å². The fraction of sp³-hybridized carbons (Fsp3) is 0.611. The fourth-order valence-corrected chi connectivity index (χ4v) is 2.87. The van der Waals surface area contributed by atoms with Gasteiger partial charge in [0.2, 0.25) is 5.91 Å². The minimum Gasteiger partial charge on any atom is -0.508 e. The van der Waals surface area contributed by atoms with Crippen LogP contribution >= 0.6 is 0 Å². The molecule has 1 aromatic carbocycles. The number of rotatable bonds is 7. The van der Waals surface area contributed by atoms with Crippen LogP contribution in [0.15, 0.2) is 24.3 Å². The van der Waals surface area contributed by atoms with Crippen LogP contribution in [-0.4, -0.2) is 54.8 Å². The van der Waals surface area contributed by atoms with E-state index in [1.54, 1.807) is 12.1 Å². The molecule has 1 atom stereocenters. The van der Waals surface area contributed by atoms with Gasteiger partial charge in [0.05, 0.1) is 12.7 Å². The van der Waals surface area contributed by atoms with Crippen molar-refractivity contribution in [2.75, 3.05) is 32.8 Å². The van der Waals surface area contributed by atoms with E-state index in [-0.39, 0.29) is 17.8 Å². The lowest BCUT2D eigenvalue weighted by Crippen LogP contribution is -2.48. The van der Waals surface area contributed by atoms with Crippen LogP contribution in [0.4, 0.5) is 0 Å². The normalized spacial score (nSPS) is 19.0. The summed E-state index contributed by atoms with van der Waals surface area (Å²) in [6.45, 7) is 8.62. The first-order chi connectivity index (χ1) is 11.0. The van der Waals surface area contributed by atoms with E-state index < -0.39 is 0 Å². The average Bonchev–Trinajstić information content (AvgIpc) is 2.52. The molecule has 5 heteroatoms. The minimum absolute atomic E-state index is 0.00200. The summed E-state index contributed by atoms with van der Waals surface area (Å²) >= 11 is 0. The lowest BCUT2D eigenvalue weighted by Gasteiger charge is -2.33. The van der Waals surface area contributed by atoms with E-state index in [0.717, 1.165) is 31.8 Å². The molecule has 1 amide bonds. The number of phenolic OH excluding ortho intramolecular Hbond substituents is 1. The Balaban J connectivity index is 1.69. The molecule has 23 heavy (non-hydrogen) atoms. The van der Waals surface area contributed by atoms with Gasteiger partial charge in [-0.3, -0.25) is 9.69 Å². The van der Waals surface area contributed by atoms with Crippen molar-refractivity contribution in [3.63, 3.8) is 0 Å². The second kappa shape index (κ2) is 8.89. The van der Waals surface area contributed by atoms with Gasteiger partial charge in [0.1, 0.15) is 5.75 Å². The van der Waals surface area contributed by atoms with Gasteiger partial charge < -0.3 is 15.2 Å². The van der Waals surface area contributed by atoms with E-state index >= 15 is 0 Å². The summed E-state index contributed by atoms with van der Waals surface area (Å²) in [6.07, 6.45) is 0.986. The lowest BCUT2D eigenvalue weighted by atomic mass is 10.1. The van der Waals surface area contributed by atoms with E-state index in [2.05, 4.69) is 24.1 Å². The molecule has 1 heterocycles. The average molecular weight is 320 g/mol. The van der Waals surface area contributed by atoms with Crippen LogP contribution in [0.1, 0.15) is 25.8 Å². The van der Waals surface area contributed by atoms with Crippen molar-refractivity contribution < 1.29 is 14.6 Å². The third-order valence-electron chi connectivity index (χ3n) is 3.99. The molecule has 0 radical (unpaired) electrons. The van der Waals surface area contributed by atoms with Gasteiger partial charge in [-0.25, -0.2) is 0 Å². The lowest BCUT2D eigenvalue weighted by molar-refractivity contribution is -0.122. The van der Waals surface area contributed by atoms with Crippen LogP contribution in [0, 0.1) is 5.92 Å². The number of hydrogen-bond donors (Lipinski definition) is 2. The highest BCUT2D eigenvalue weighted by Crippen LogP contribution is 2.17. The van der Waals surface area contributed by atoms with E-state index in [0.29, 0.717) is 25.3 Å². The molecule has 0 saturated carbocycles. The molecule has 1 saturated heterocycles. The fourth-order valence-electron chi connectivity index (χ4n) is 2.87. The zero-order valence-electron chi connectivity index (χ0n) is 14.1. The standard InChI is InChI=1S/C18H28N2O3/c1-14(2)12-20-9-10-23-16(13-20)11-19-18(22)8-7-15-5-3-4-6-17(15)21/h3-6,14,16,21H,7-13H2,1-2H3,(H,19,22). The Morgan fingerprint density at radius 2 is 2.22 bits per heavy atom. The molecule has 1 aromatic rings. The Morgan fingerprint density at radius 3 is 2.96 bits per heavy atom. The van der Waals surface area contributed by atoms with E-state index in [1.807, 2.05) is 12.1 Å². The SMILES string of the molecule is CC(C)CN1CCOC(CNC(=O)CCc2ccccc2O)C1. The molecule has 0 spiro atoms. The van der Waals surface area contributed by atoms with Crippen molar-refractivity contribution in [3.05, 3.63) is 29.8 Å². The monoisotopic (exact) mass is 320 g/mol. The number of amides is 1. The summed E-state index contributed by atoms with van der Waals surface area (Å²) in [7, 11) is 0. The van der Waals surface area contributed by atoms with Gasteiger partial charge in [-0.15, -0.1) is 0 Å². The Bertz CT molecular complexity index is 505. The summed E-state index contributed by atoms with van der Waals surface area (Å²) in [6, 6.07) is 7.14. The van der Waals surface area contributed by atoms with Crippen molar-refractivity contribution in [1.82, 2.24) is 10.2 Å². The molecule has 0 aromatic heterocycles. The number of nitrogens with one attached hydrogen (secondary N) is 1. The number of aromatic hydroxyl groups is 1. The number of ether oxygens (including phenoxy) is 1. The number of carbonyl (C=O) groups excluding carboxylic acids is 1. The Hall–Kier alpha value is -1.59. The maximum absolute atomic E-state index is 12.0. The maximum atomic E-state index is 12.0. The molecule has 0 bridgehead atoms. The second-order valence-corrected chi connectivity index (χ2v) is 6.58. The molecule has 1 aliphatic rings. The molecular formula is C18H28N2O3. The van der Waals surface area contributed by atoms with Gasteiger partial charge in [-0.05, 0) is 24.0 Å². The van der Waals surface area contributed by atoms with Crippen LogP contribution < -0.4 is 5.32 Å². The zero-order chi connectivity index (χ0) is 16.7. The topological polar surface area (TPSA) is 61.8 Å². The van der Waals surface area contributed by atoms with Crippen LogP contribution in [-0.2, 0) is 16.0 Å². The third kappa shape index (κ3) is 6.20. The van der Waals surface area contributed by atoms with Gasteiger partial charge >= 0.3 is 0 Å². The molecule has 2 rings (SSSR count). The predicted octanol–water partition coefficient (Wildman–Crippen LogP) is 1.80. The number of morpholine rings is 1. The van der Waals surface area contributed by atoms with Crippen molar-refractivity contribution >= 4 is 5.91 Å². The minimum atomic E-state index is -0.00200. The maximum Gasteiger partial charge on any atom is 0.220 e. The van der Waals surface area contributed by atoms with Gasteiger partial charge in [0.25, 0.3) is 0 Å². The number of phenols is 1. The van der Waals surface area contributed by atoms with Gasteiger partial charge in [-0.2, -0.15) is 0 Å². The summed E-state index contributed by atoms with van der Waals surface area (Å²) in [4.78, 5) is 14.4. The van der Waals surface area contributed by atoms with Crippen molar-refractivity contribution in [3.8, 4) is 5.75 Å². The number of benzene rings is 1. The van der Waals surface area contributed by atoms with Crippen LogP contribution in [0.3, 0.4) is 0 Å². The van der Waals surface area contributed by atoms with Crippen LogP contribution in [0.2, 0.25) is 0 Å². The number of hydrogen-bond acceptors (Lipinski definition) is 4. The number of nitrogens with zero attached hydrogens (tertiary/aromatic N) is 1. The van der Waals surface area contributed by atoms with Crippen LogP contribution in [0.25, 0.3) is 0 Å². The highest BCUT2D eigenvalue weighted by atomic mass is 16.5. The van der Waals surface area contributed by atoms with Crippen LogP contribution in [0.5, 0.6) is 5.75 Å². The molecule has 0 aliphatic carbocycles. The molecular weight excluding hydrogens is 292 g/mol. The first-order valence-electron chi connectivity index (χ1n) is 8.42. The highest BCUT2D eigenvalue weighted by Gasteiger charge is 2.21. The molecule has 2 N–H and O–H groups in total. The molecule has 5 nitrogen and oxygen atoms in total. The quantitative estimate of drug-likeness (QED) is 0.804. The Labute approximate surface area is 138 Å². The van der Waals surface area contributed by atoms with Crippen molar-refractivity contribution in [1.29, 1.82) is 0 Å². The highest BCUT2D eigenvalue weighted by molar-refractivity contribution is 5.76. The van der Waals surface area contributed by atoms with E-state index in [4.69, 9.17) is 4.74 Å². The Kier molecular flexibility index (Phi) is 6.86. The Morgan fingerprint density at radius 1 is 1.43 bits per heavy atom. The first kappa shape index (κ1) is 17.8. The summed E-state index contributed by atoms with van der Waals surface area (Å²) in [5.74, 6) is 0.889. The van der Waals surface area contributed by atoms with Crippen molar-refractivity contribution in [2.24, 2.45) is 5.92 Å². The predicted molar refractivity (Wildman–Crippen MR) is 90.5 cm³/mol. The third-order valence-corrected chi connectivity index (χ3v) is 3.99. The molecule has 1 aliphatic heterocycles. The molecule has 1 unspecified atom stereocenters. The molecule has 128 valence electrons. The summed E-state index contributed by atoms with van der Waals surface area (Å²) < 4.78 is 5.73. The second-order valence-electron chi connectivity index (χ2n) is 6.58. The molecule has 1 fully saturated rings. The number of aryl methyl sites for hydroxylation is 1. The largest absolute Gasteiger partial charge is 0.508 e. The van der Waals surface area contributed by atoms with Gasteiger partial charge in [0, 0.05) is 32.6 Å². The zero-order valence-corrected chi connectivity index (χ0v) is 14.1. The summed E-state index contributed by atoms with van der Waals surface area (Å²) in [5, 5.41) is 12.6. The van der Waals surface area contributed by atoms with Gasteiger partial charge in [-0.1, -0.05) is 32.0 Å².